The molecule has 2 aromatic rings. The number of rotatable bonds is 11. The number of esters is 1. The van der Waals surface area contributed by atoms with Gasteiger partial charge in [-0.2, -0.15) is 0 Å². The van der Waals surface area contributed by atoms with Crippen LogP contribution in [-0.4, -0.2) is 50.2 Å². The number of amides is 1. The Bertz CT molecular complexity index is 1040. The standard InChI is InChI=1S/C25H29F2NO7/c1-5-33-24(30)16(3)15(2)22(32-4)23(17-6-9-19(10-7-17)34-13-12-29)35-25(31)28-21-11-8-18(26)14-20(21)27/h6-11,14,22-23,29H,5,12-13H2,1-4H3,(H,28,31)/b16-15+/t22-,23-/m1/s1. The van der Waals surface area contributed by atoms with Gasteiger partial charge in [-0.15, -0.1) is 0 Å². The van der Waals surface area contributed by atoms with Crippen LogP contribution in [-0.2, 0) is 19.0 Å². The molecule has 2 atom stereocenters. The molecule has 0 heterocycles. The first kappa shape index (κ1) is 27.7. The van der Waals surface area contributed by atoms with Crippen molar-refractivity contribution in [1.82, 2.24) is 0 Å². The number of anilines is 1. The van der Waals surface area contributed by atoms with Gasteiger partial charge in [0, 0.05) is 18.7 Å². The maximum absolute atomic E-state index is 14.0. The second kappa shape index (κ2) is 13.4. The molecule has 35 heavy (non-hydrogen) atoms. The van der Waals surface area contributed by atoms with Crippen LogP contribution >= 0.6 is 0 Å². The molecular weight excluding hydrogens is 464 g/mol. The summed E-state index contributed by atoms with van der Waals surface area (Å²) in [6, 6.07) is 9.18. The van der Waals surface area contributed by atoms with Gasteiger partial charge >= 0.3 is 12.1 Å². The Morgan fingerprint density at radius 1 is 1.09 bits per heavy atom. The number of benzene rings is 2. The van der Waals surface area contributed by atoms with E-state index in [1.807, 2.05) is 0 Å². The third-order valence-electron chi connectivity index (χ3n) is 5.10. The minimum atomic E-state index is -1.07. The van der Waals surface area contributed by atoms with Crippen molar-refractivity contribution in [2.24, 2.45) is 0 Å². The number of aliphatic hydroxyl groups is 1. The van der Waals surface area contributed by atoms with Crippen molar-refractivity contribution in [3.63, 3.8) is 0 Å². The molecule has 0 saturated carbocycles. The van der Waals surface area contributed by atoms with Crippen molar-refractivity contribution in [2.75, 3.05) is 32.2 Å². The van der Waals surface area contributed by atoms with Crippen molar-refractivity contribution >= 4 is 17.7 Å². The van der Waals surface area contributed by atoms with Gasteiger partial charge in [0.1, 0.15) is 30.1 Å². The highest BCUT2D eigenvalue weighted by Crippen LogP contribution is 2.31. The number of hydrogen-bond donors (Lipinski definition) is 2. The largest absolute Gasteiger partial charge is 0.491 e. The van der Waals surface area contributed by atoms with E-state index in [1.165, 1.54) is 7.11 Å². The maximum Gasteiger partial charge on any atom is 0.412 e. The SMILES string of the molecule is CCOC(=O)/C(C)=C(\C)[C@@H](OC)[C@H](OC(=O)Nc1ccc(F)cc1F)c1ccc(OCCO)cc1. The molecule has 0 spiro atoms. The highest BCUT2D eigenvalue weighted by Gasteiger charge is 2.31. The van der Waals surface area contributed by atoms with E-state index in [-0.39, 0.29) is 31.1 Å². The Hall–Kier alpha value is -3.50. The first-order chi connectivity index (χ1) is 16.7. The van der Waals surface area contributed by atoms with Gasteiger partial charge in [-0.3, -0.25) is 5.32 Å². The zero-order chi connectivity index (χ0) is 26.0. The van der Waals surface area contributed by atoms with Crippen LogP contribution in [0.15, 0.2) is 53.6 Å². The van der Waals surface area contributed by atoms with Gasteiger partial charge in [-0.05, 0) is 56.2 Å². The van der Waals surface area contributed by atoms with Gasteiger partial charge in [0.25, 0.3) is 0 Å². The van der Waals surface area contributed by atoms with Crippen LogP contribution in [0.1, 0.15) is 32.4 Å². The summed E-state index contributed by atoms with van der Waals surface area (Å²) in [5.74, 6) is -1.83. The minimum absolute atomic E-state index is 0.103. The van der Waals surface area contributed by atoms with E-state index in [2.05, 4.69) is 5.32 Å². The number of aliphatic hydroxyl groups excluding tert-OH is 1. The number of carbonyl (C=O) groups excluding carboxylic acids is 2. The van der Waals surface area contributed by atoms with Crippen LogP contribution in [0.25, 0.3) is 0 Å². The van der Waals surface area contributed by atoms with Gasteiger partial charge in [-0.1, -0.05) is 12.1 Å². The Morgan fingerprint density at radius 2 is 1.77 bits per heavy atom. The molecule has 10 heteroatoms. The van der Waals surface area contributed by atoms with Crippen LogP contribution in [0.3, 0.4) is 0 Å². The quantitative estimate of drug-likeness (QED) is 0.350. The smallest absolute Gasteiger partial charge is 0.412 e. The third kappa shape index (κ3) is 7.76. The molecule has 2 rings (SSSR count). The molecule has 0 aliphatic carbocycles. The Balaban J connectivity index is 2.39. The van der Waals surface area contributed by atoms with E-state index in [9.17, 15) is 18.4 Å². The summed E-state index contributed by atoms with van der Waals surface area (Å²) < 4.78 is 48.8. The van der Waals surface area contributed by atoms with Crippen molar-refractivity contribution in [3.05, 3.63) is 70.8 Å². The number of methoxy groups -OCH3 is 1. The van der Waals surface area contributed by atoms with Gasteiger partial charge in [0.05, 0.1) is 18.9 Å². The zero-order valence-electron chi connectivity index (χ0n) is 20.0. The number of halogens is 2. The summed E-state index contributed by atoms with van der Waals surface area (Å²) in [5.41, 5.74) is 0.947. The molecule has 2 N–H and O–H groups in total. The van der Waals surface area contributed by atoms with Gasteiger partial charge in [0.2, 0.25) is 0 Å². The van der Waals surface area contributed by atoms with Gasteiger partial charge < -0.3 is 24.1 Å². The first-order valence-corrected chi connectivity index (χ1v) is 10.8. The summed E-state index contributed by atoms with van der Waals surface area (Å²) in [6.45, 7) is 5.02. The van der Waals surface area contributed by atoms with Crippen molar-refractivity contribution in [3.8, 4) is 5.75 Å². The van der Waals surface area contributed by atoms with Crippen LogP contribution in [0.5, 0.6) is 5.75 Å². The summed E-state index contributed by atoms with van der Waals surface area (Å²) in [5, 5.41) is 11.2. The van der Waals surface area contributed by atoms with Crippen LogP contribution < -0.4 is 10.1 Å². The highest BCUT2D eigenvalue weighted by atomic mass is 19.1. The molecule has 0 aromatic heterocycles. The average Bonchev–Trinajstić information content (AvgIpc) is 2.84. The average molecular weight is 494 g/mol. The normalized spacial score (nSPS) is 13.3. The van der Waals surface area contributed by atoms with Crippen LogP contribution in [0.4, 0.5) is 19.3 Å². The molecule has 8 nitrogen and oxygen atoms in total. The van der Waals surface area contributed by atoms with Gasteiger partial charge in [0.15, 0.2) is 6.10 Å². The van der Waals surface area contributed by atoms with Crippen LogP contribution in [0, 0.1) is 11.6 Å². The van der Waals surface area contributed by atoms with Crippen molar-refractivity contribution in [2.45, 2.75) is 33.0 Å². The van der Waals surface area contributed by atoms with E-state index >= 15 is 0 Å². The fourth-order valence-corrected chi connectivity index (χ4v) is 3.21. The first-order valence-electron chi connectivity index (χ1n) is 10.8. The summed E-state index contributed by atoms with van der Waals surface area (Å²) in [4.78, 5) is 25.0. The second-order valence-corrected chi connectivity index (χ2v) is 7.40. The number of carbonyl (C=O) groups is 2. The molecule has 0 aliphatic rings. The monoisotopic (exact) mass is 493 g/mol. The second-order valence-electron chi connectivity index (χ2n) is 7.40. The number of ether oxygens (including phenoxy) is 4. The van der Waals surface area contributed by atoms with E-state index in [1.54, 1.807) is 45.0 Å². The van der Waals surface area contributed by atoms with E-state index in [4.69, 9.17) is 24.1 Å². The molecule has 0 radical (unpaired) electrons. The maximum atomic E-state index is 14.0. The molecule has 0 bridgehead atoms. The van der Waals surface area contributed by atoms with Crippen molar-refractivity contribution in [1.29, 1.82) is 0 Å². The summed E-state index contributed by atoms with van der Waals surface area (Å²) in [6.07, 6.45) is -3.00. The van der Waals surface area contributed by atoms with Crippen molar-refractivity contribution < 1.29 is 42.4 Å². The fourth-order valence-electron chi connectivity index (χ4n) is 3.21. The third-order valence-corrected chi connectivity index (χ3v) is 5.10. The lowest BCUT2D eigenvalue weighted by atomic mass is 9.95. The molecular formula is C25H29F2NO7. The van der Waals surface area contributed by atoms with E-state index < -0.39 is 35.9 Å². The fraction of sp³-hybridized carbons (Fsp3) is 0.360. The predicted octanol–water partition coefficient (Wildman–Crippen LogP) is 4.54. The molecule has 1 amide bonds. The summed E-state index contributed by atoms with van der Waals surface area (Å²) >= 11 is 0. The molecule has 190 valence electrons. The molecule has 0 saturated heterocycles. The lowest BCUT2D eigenvalue weighted by Gasteiger charge is -2.28. The summed E-state index contributed by atoms with van der Waals surface area (Å²) in [7, 11) is 1.39. The zero-order valence-corrected chi connectivity index (χ0v) is 20.0. The van der Waals surface area contributed by atoms with Gasteiger partial charge in [-0.25, -0.2) is 18.4 Å². The Kier molecular flexibility index (Phi) is 10.6. The van der Waals surface area contributed by atoms with E-state index in [0.717, 1.165) is 12.1 Å². The number of hydrogen-bond acceptors (Lipinski definition) is 7. The van der Waals surface area contributed by atoms with Crippen LogP contribution in [0.2, 0.25) is 0 Å². The lowest BCUT2D eigenvalue weighted by Crippen LogP contribution is -2.30. The molecule has 0 fully saturated rings. The molecule has 0 unspecified atom stereocenters. The molecule has 2 aromatic carbocycles. The minimum Gasteiger partial charge on any atom is -0.491 e. The van der Waals surface area contributed by atoms with E-state index in [0.29, 0.717) is 23.0 Å². The number of nitrogens with one attached hydrogen (secondary N) is 1. The highest BCUT2D eigenvalue weighted by molar-refractivity contribution is 5.89. The topological polar surface area (TPSA) is 103 Å². The Labute approximate surface area is 202 Å². The Morgan fingerprint density at radius 3 is 2.34 bits per heavy atom. The molecule has 0 aliphatic heterocycles. The predicted molar refractivity (Wildman–Crippen MR) is 124 cm³/mol. The lowest BCUT2D eigenvalue weighted by molar-refractivity contribution is -0.138.